The molecule has 0 bridgehead atoms. The normalized spacial score (nSPS) is 15.9. The van der Waals surface area contributed by atoms with E-state index in [1.165, 1.54) is 11.3 Å². The number of nitrogens with zero attached hydrogens (tertiary/aromatic N) is 2. The molecule has 0 saturated carbocycles. The van der Waals surface area contributed by atoms with E-state index in [1.54, 1.807) is 25.5 Å². The molecule has 2 heterocycles. The first kappa shape index (κ1) is 22.2. The fraction of sp³-hybridized carbons (Fsp3) is 0.208. The molecule has 6 nitrogen and oxygen atoms in total. The van der Waals surface area contributed by atoms with E-state index >= 15 is 0 Å². The number of esters is 1. The Bertz CT molecular complexity index is 1390. The molecule has 2 aromatic carbocycles. The maximum atomic E-state index is 13.5. The van der Waals surface area contributed by atoms with Crippen molar-refractivity contribution in [2.24, 2.45) is 4.99 Å². The monoisotopic (exact) mass is 512 g/mol. The number of rotatable bonds is 5. The second-order valence-corrected chi connectivity index (χ2v) is 9.06. The SMILES string of the molecule is CCOC(=O)C1=C(C)N=c2s/c(=C/c3cccc(Br)c3)c(=O)n2[C@@H]1c1ccc(OC)cc1. The molecule has 4 rings (SSSR count). The molecule has 1 aliphatic rings. The largest absolute Gasteiger partial charge is 0.497 e. The highest BCUT2D eigenvalue weighted by atomic mass is 79.9. The Hall–Kier alpha value is -2.97. The van der Waals surface area contributed by atoms with Crippen LogP contribution in [0.3, 0.4) is 0 Å². The molecule has 0 amide bonds. The van der Waals surface area contributed by atoms with E-state index in [9.17, 15) is 9.59 Å². The number of fused-ring (bicyclic) bond motifs is 1. The summed E-state index contributed by atoms with van der Waals surface area (Å²) in [4.78, 5) is 31.5. The average Bonchev–Trinajstić information content (AvgIpc) is 3.07. The Kier molecular flexibility index (Phi) is 6.43. The van der Waals surface area contributed by atoms with Gasteiger partial charge in [-0.25, -0.2) is 9.79 Å². The second-order valence-electron chi connectivity index (χ2n) is 7.13. The van der Waals surface area contributed by atoms with Crippen molar-refractivity contribution in [1.82, 2.24) is 4.57 Å². The Labute approximate surface area is 197 Å². The number of benzene rings is 2. The predicted octanol–water partition coefficient (Wildman–Crippen LogP) is 3.57. The number of carbonyl (C=O) groups excluding carboxylic acids is 1. The number of ether oxygens (including phenoxy) is 2. The van der Waals surface area contributed by atoms with Crippen LogP contribution in [0, 0.1) is 0 Å². The number of allylic oxidation sites excluding steroid dienone is 1. The third-order valence-electron chi connectivity index (χ3n) is 5.10. The minimum absolute atomic E-state index is 0.205. The highest BCUT2D eigenvalue weighted by Crippen LogP contribution is 2.31. The van der Waals surface area contributed by atoms with Crippen molar-refractivity contribution in [3.63, 3.8) is 0 Å². The van der Waals surface area contributed by atoms with Gasteiger partial charge in [0.1, 0.15) is 5.75 Å². The van der Waals surface area contributed by atoms with Gasteiger partial charge in [0.15, 0.2) is 4.80 Å². The zero-order chi connectivity index (χ0) is 22.8. The molecular weight excluding hydrogens is 492 g/mol. The fourth-order valence-electron chi connectivity index (χ4n) is 3.64. The molecule has 3 aromatic rings. The van der Waals surface area contributed by atoms with Crippen molar-refractivity contribution in [1.29, 1.82) is 0 Å². The molecule has 0 spiro atoms. The maximum absolute atomic E-state index is 13.5. The van der Waals surface area contributed by atoms with E-state index in [4.69, 9.17) is 9.47 Å². The fourth-order valence-corrected chi connectivity index (χ4v) is 5.10. The van der Waals surface area contributed by atoms with Gasteiger partial charge in [0.25, 0.3) is 5.56 Å². The lowest BCUT2D eigenvalue weighted by atomic mass is 9.96. The molecule has 1 aliphatic heterocycles. The predicted molar refractivity (Wildman–Crippen MR) is 128 cm³/mol. The number of hydrogen-bond donors (Lipinski definition) is 0. The summed E-state index contributed by atoms with van der Waals surface area (Å²) in [5, 5.41) is 0. The van der Waals surface area contributed by atoms with Crippen molar-refractivity contribution < 1.29 is 14.3 Å². The molecule has 0 N–H and O–H groups in total. The van der Waals surface area contributed by atoms with Crippen LogP contribution in [0.5, 0.6) is 5.75 Å². The quantitative estimate of drug-likeness (QED) is 0.490. The molecule has 8 heteroatoms. The summed E-state index contributed by atoms with van der Waals surface area (Å²) in [7, 11) is 1.59. The lowest BCUT2D eigenvalue weighted by molar-refractivity contribution is -0.139. The number of carbonyl (C=O) groups is 1. The third-order valence-corrected chi connectivity index (χ3v) is 6.57. The van der Waals surface area contributed by atoms with Crippen LogP contribution in [0.2, 0.25) is 0 Å². The molecule has 0 saturated heterocycles. The van der Waals surface area contributed by atoms with Gasteiger partial charge >= 0.3 is 5.97 Å². The smallest absolute Gasteiger partial charge is 0.338 e. The van der Waals surface area contributed by atoms with Crippen LogP contribution in [0.4, 0.5) is 0 Å². The molecule has 0 radical (unpaired) electrons. The number of aromatic nitrogens is 1. The third kappa shape index (κ3) is 4.20. The number of methoxy groups -OCH3 is 1. The van der Waals surface area contributed by atoms with Gasteiger partial charge in [-0.1, -0.05) is 51.5 Å². The molecule has 0 fully saturated rings. The topological polar surface area (TPSA) is 69.9 Å². The van der Waals surface area contributed by atoms with E-state index in [0.717, 1.165) is 15.6 Å². The van der Waals surface area contributed by atoms with Crippen LogP contribution < -0.4 is 19.6 Å². The summed E-state index contributed by atoms with van der Waals surface area (Å²) in [6.07, 6.45) is 1.84. The zero-order valence-corrected chi connectivity index (χ0v) is 20.2. The minimum atomic E-state index is -0.638. The summed E-state index contributed by atoms with van der Waals surface area (Å²) in [6.45, 7) is 3.76. The summed E-state index contributed by atoms with van der Waals surface area (Å²) < 4.78 is 13.6. The highest BCUT2D eigenvalue weighted by Gasteiger charge is 2.33. The first-order valence-electron chi connectivity index (χ1n) is 10.0. The van der Waals surface area contributed by atoms with Gasteiger partial charge in [-0.3, -0.25) is 9.36 Å². The van der Waals surface area contributed by atoms with Gasteiger partial charge in [0, 0.05) is 4.47 Å². The standard InChI is InChI=1S/C24H21BrN2O4S/c1-4-31-23(29)20-14(2)26-24-27(21(20)16-8-10-18(30-3)11-9-16)22(28)19(32-24)13-15-6-5-7-17(25)12-15/h5-13,21H,4H2,1-3H3/b19-13+/t21-/m1/s1. The van der Waals surface area contributed by atoms with Gasteiger partial charge in [0.2, 0.25) is 0 Å². The summed E-state index contributed by atoms with van der Waals surface area (Å²) >= 11 is 4.76. The molecule has 1 aromatic heterocycles. The number of thiazole rings is 1. The Morgan fingerprint density at radius 1 is 1.25 bits per heavy atom. The van der Waals surface area contributed by atoms with E-state index < -0.39 is 12.0 Å². The molecule has 1 atom stereocenters. The molecule has 0 unspecified atom stereocenters. The van der Waals surface area contributed by atoms with Gasteiger partial charge in [-0.2, -0.15) is 0 Å². The Morgan fingerprint density at radius 3 is 2.66 bits per heavy atom. The first-order valence-corrected chi connectivity index (χ1v) is 11.6. The lowest BCUT2D eigenvalue weighted by Crippen LogP contribution is -2.39. The van der Waals surface area contributed by atoms with Crippen LogP contribution in [-0.2, 0) is 9.53 Å². The van der Waals surface area contributed by atoms with E-state index in [0.29, 0.717) is 26.4 Å². The summed E-state index contributed by atoms with van der Waals surface area (Å²) in [5.41, 5.74) is 2.37. The van der Waals surface area contributed by atoms with Crippen LogP contribution in [0.25, 0.3) is 6.08 Å². The molecular formula is C24H21BrN2O4S. The lowest BCUT2D eigenvalue weighted by Gasteiger charge is -2.24. The summed E-state index contributed by atoms with van der Waals surface area (Å²) in [6, 6.07) is 14.4. The van der Waals surface area contributed by atoms with Crippen LogP contribution >= 0.6 is 27.3 Å². The van der Waals surface area contributed by atoms with E-state index in [1.807, 2.05) is 54.6 Å². The first-order chi connectivity index (χ1) is 15.4. The number of halogens is 1. The zero-order valence-electron chi connectivity index (χ0n) is 17.8. The second kappa shape index (κ2) is 9.26. The highest BCUT2D eigenvalue weighted by molar-refractivity contribution is 9.10. The average molecular weight is 513 g/mol. The van der Waals surface area contributed by atoms with Gasteiger partial charge in [-0.15, -0.1) is 0 Å². The molecule has 32 heavy (non-hydrogen) atoms. The Morgan fingerprint density at radius 2 is 2.00 bits per heavy atom. The van der Waals surface area contributed by atoms with Crippen LogP contribution in [0.15, 0.2) is 74.1 Å². The van der Waals surface area contributed by atoms with Crippen molar-refractivity contribution in [2.75, 3.05) is 13.7 Å². The molecule has 164 valence electrons. The van der Waals surface area contributed by atoms with Crippen LogP contribution in [-0.4, -0.2) is 24.3 Å². The Balaban J connectivity index is 1.94. The van der Waals surface area contributed by atoms with Crippen molar-refractivity contribution in [3.8, 4) is 5.75 Å². The molecule has 0 aliphatic carbocycles. The van der Waals surface area contributed by atoms with Crippen molar-refractivity contribution in [2.45, 2.75) is 19.9 Å². The minimum Gasteiger partial charge on any atom is -0.497 e. The number of hydrogen-bond acceptors (Lipinski definition) is 6. The maximum Gasteiger partial charge on any atom is 0.338 e. The van der Waals surface area contributed by atoms with Gasteiger partial charge in [-0.05, 0) is 55.3 Å². The van der Waals surface area contributed by atoms with Gasteiger partial charge in [0.05, 0.1) is 35.6 Å². The van der Waals surface area contributed by atoms with Crippen molar-refractivity contribution >= 4 is 39.3 Å². The van der Waals surface area contributed by atoms with Crippen molar-refractivity contribution in [3.05, 3.63) is 95.1 Å². The van der Waals surface area contributed by atoms with E-state index in [-0.39, 0.29) is 12.2 Å². The summed E-state index contributed by atoms with van der Waals surface area (Å²) in [5.74, 6) is 0.213. The van der Waals surface area contributed by atoms with Gasteiger partial charge < -0.3 is 9.47 Å². The van der Waals surface area contributed by atoms with E-state index in [2.05, 4.69) is 20.9 Å². The van der Waals surface area contributed by atoms with Crippen LogP contribution in [0.1, 0.15) is 31.0 Å².